The van der Waals surface area contributed by atoms with Crippen molar-refractivity contribution in [2.45, 2.75) is 33.1 Å². The van der Waals surface area contributed by atoms with E-state index >= 15 is 0 Å². The lowest BCUT2D eigenvalue weighted by atomic mass is 9.87. The van der Waals surface area contributed by atoms with Crippen LogP contribution in [0.25, 0.3) is 0 Å². The van der Waals surface area contributed by atoms with Gasteiger partial charge in [0.05, 0.1) is 11.9 Å². The molecule has 0 aromatic heterocycles. The standard InChI is InChI=1S/C27H31N3O4S/c1-19-9-15-24(16-10-19)30(35(5,33)34)18-25(31)28-22-7-6-8-23(17-22)29-26(32)20-11-13-21(14-12-20)27(2,3)4/h6-17H,18H2,1-5H3,(H,28,31)(H,29,32). The Balaban J connectivity index is 1.68. The van der Waals surface area contributed by atoms with Crippen LogP contribution in [0.2, 0.25) is 0 Å². The summed E-state index contributed by atoms with van der Waals surface area (Å²) in [4.78, 5) is 25.3. The Hall–Kier alpha value is -3.65. The average molecular weight is 494 g/mol. The van der Waals surface area contributed by atoms with E-state index in [9.17, 15) is 18.0 Å². The van der Waals surface area contributed by atoms with Crippen LogP contribution in [0, 0.1) is 6.92 Å². The molecule has 8 heteroatoms. The van der Waals surface area contributed by atoms with Crippen LogP contribution in [-0.4, -0.2) is 33.0 Å². The van der Waals surface area contributed by atoms with E-state index in [0.29, 0.717) is 22.6 Å². The number of hydrogen-bond donors (Lipinski definition) is 2. The van der Waals surface area contributed by atoms with Crippen molar-refractivity contribution >= 4 is 38.9 Å². The monoisotopic (exact) mass is 493 g/mol. The number of hydrogen-bond acceptors (Lipinski definition) is 4. The molecule has 0 fully saturated rings. The van der Waals surface area contributed by atoms with Gasteiger partial charge in [-0.15, -0.1) is 0 Å². The maximum Gasteiger partial charge on any atom is 0.255 e. The Labute approximate surface area is 207 Å². The van der Waals surface area contributed by atoms with Crippen LogP contribution in [0.4, 0.5) is 17.1 Å². The largest absolute Gasteiger partial charge is 0.324 e. The zero-order chi connectivity index (χ0) is 25.8. The van der Waals surface area contributed by atoms with E-state index in [-0.39, 0.29) is 17.9 Å². The predicted octanol–water partition coefficient (Wildman–Crippen LogP) is 4.95. The first-order chi connectivity index (χ1) is 16.3. The quantitative estimate of drug-likeness (QED) is 0.487. The first-order valence-electron chi connectivity index (χ1n) is 11.2. The first-order valence-corrected chi connectivity index (χ1v) is 13.0. The highest BCUT2D eigenvalue weighted by Crippen LogP contribution is 2.23. The first kappa shape index (κ1) is 26.0. The molecule has 35 heavy (non-hydrogen) atoms. The maximum atomic E-state index is 12.7. The third-order valence-electron chi connectivity index (χ3n) is 5.43. The summed E-state index contributed by atoms with van der Waals surface area (Å²) in [6.07, 6.45) is 1.06. The Bertz CT molecular complexity index is 1310. The Morgan fingerprint density at radius 3 is 1.97 bits per heavy atom. The lowest BCUT2D eigenvalue weighted by Gasteiger charge is -2.22. The van der Waals surface area contributed by atoms with Crippen LogP contribution >= 0.6 is 0 Å². The molecule has 3 aromatic rings. The molecule has 0 saturated carbocycles. The molecule has 0 atom stereocenters. The molecule has 0 aliphatic carbocycles. The number of carbonyl (C=O) groups is 2. The van der Waals surface area contributed by atoms with Crippen LogP contribution in [0.5, 0.6) is 0 Å². The second-order valence-electron chi connectivity index (χ2n) is 9.52. The lowest BCUT2D eigenvalue weighted by Crippen LogP contribution is -2.37. The second-order valence-corrected chi connectivity index (χ2v) is 11.4. The minimum Gasteiger partial charge on any atom is -0.324 e. The van der Waals surface area contributed by atoms with Crippen molar-refractivity contribution in [3.63, 3.8) is 0 Å². The predicted molar refractivity (Wildman–Crippen MR) is 142 cm³/mol. The van der Waals surface area contributed by atoms with E-state index in [4.69, 9.17) is 0 Å². The van der Waals surface area contributed by atoms with Gasteiger partial charge in [-0.2, -0.15) is 0 Å². The van der Waals surface area contributed by atoms with Crippen molar-refractivity contribution < 1.29 is 18.0 Å². The van der Waals surface area contributed by atoms with Gasteiger partial charge in [0.25, 0.3) is 5.91 Å². The summed E-state index contributed by atoms with van der Waals surface area (Å²) in [7, 11) is -3.67. The minimum absolute atomic E-state index is 0.00626. The van der Waals surface area contributed by atoms with Crippen molar-refractivity contribution in [3.05, 3.63) is 89.5 Å². The van der Waals surface area contributed by atoms with Gasteiger partial charge in [0.2, 0.25) is 15.9 Å². The van der Waals surface area contributed by atoms with Crippen molar-refractivity contribution in [1.82, 2.24) is 0 Å². The number of anilines is 3. The summed E-state index contributed by atoms with van der Waals surface area (Å²) in [5.74, 6) is -0.770. The van der Waals surface area contributed by atoms with Gasteiger partial charge in [0, 0.05) is 16.9 Å². The van der Waals surface area contributed by atoms with Crippen LogP contribution in [-0.2, 0) is 20.2 Å². The van der Waals surface area contributed by atoms with E-state index in [2.05, 4.69) is 31.4 Å². The van der Waals surface area contributed by atoms with E-state index < -0.39 is 15.9 Å². The van der Waals surface area contributed by atoms with E-state index in [0.717, 1.165) is 21.7 Å². The van der Waals surface area contributed by atoms with Gasteiger partial charge < -0.3 is 10.6 Å². The number of benzene rings is 3. The molecule has 7 nitrogen and oxygen atoms in total. The third kappa shape index (κ3) is 7.16. The molecular formula is C27H31N3O4S. The zero-order valence-corrected chi connectivity index (χ0v) is 21.4. The molecular weight excluding hydrogens is 462 g/mol. The molecule has 0 saturated heterocycles. The molecule has 184 valence electrons. The van der Waals surface area contributed by atoms with Crippen molar-refractivity contribution in [3.8, 4) is 0 Å². The summed E-state index contributed by atoms with van der Waals surface area (Å²) in [6, 6.07) is 21.0. The fourth-order valence-electron chi connectivity index (χ4n) is 3.44. The number of rotatable bonds is 7. The second kappa shape index (κ2) is 10.3. The number of aryl methyl sites for hydroxylation is 1. The van der Waals surface area contributed by atoms with Crippen molar-refractivity contribution in [2.24, 2.45) is 0 Å². The number of nitrogens with zero attached hydrogens (tertiary/aromatic N) is 1. The number of sulfonamides is 1. The summed E-state index contributed by atoms with van der Waals surface area (Å²) in [5, 5.41) is 5.54. The van der Waals surface area contributed by atoms with Gasteiger partial charge in [-0.3, -0.25) is 13.9 Å². The van der Waals surface area contributed by atoms with Crippen LogP contribution in [0.3, 0.4) is 0 Å². The summed E-state index contributed by atoms with van der Waals surface area (Å²) in [5.41, 5.74) is 3.98. The molecule has 0 bridgehead atoms. The van der Waals surface area contributed by atoms with Crippen LogP contribution < -0.4 is 14.9 Å². The van der Waals surface area contributed by atoms with E-state index in [1.54, 1.807) is 60.7 Å². The molecule has 3 aromatic carbocycles. The number of carbonyl (C=O) groups excluding carboxylic acids is 2. The van der Waals surface area contributed by atoms with E-state index in [1.807, 2.05) is 19.1 Å². The van der Waals surface area contributed by atoms with E-state index in [1.165, 1.54) is 0 Å². The molecule has 0 aliphatic rings. The maximum absolute atomic E-state index is 12.7. The SMILES string of the molecule is Cc1ccc(N(CC(=O)Nc2cccc(NC(=O)c3ccc(C(C)(C)C)cc3)c2)S(C)(=O)=O)cc1. The van der Waals surface area contributed by atoms with Gasteiger partial charge in [-0.05, 0) is 60.4 Å². The topological polar surface area (TPSA) is 95.6 Å². The smallest absolute Gasteiger partial charge is 0.255 e. The summed E-state index contributed by atoms with van der Waals surface area (Å²) in [6.45, 7) is 7.85. The zero-order valence-electron chi connectivity index (χ0n) is 20.6. The van der Waals surface area contributed by atoms with Crippen LogP contribution in [0.15, 0.2) is 72.8 Å². The van der Waals surface area contributed by atoms with Gasteiger partial charge in [-0.25, -0.2) is 8.42 Å². The lowest BCUT2D eigenvalue weighted by molar-refractivity contribution is -0.114. The average Bonchev–Trinajstić information content (AvgIpc) is 2.77. The van der Waals surface area contributed by atoms with Crippen molar-refractivity contribution in [2.75, 3.05) is 27.7 Å². The molecule has 0 radical (unpaired) electrons. The fourth-order valence-corrected chi connectivity index (χ4v) is 4.30. The summed E-state index contributed by atoms with van der Waals surface area (Å²) < 4.78 is 25.6. The minimum atomic E-state index is -3.67. The fraction of sp³-hybridized carbons (Fsp3) is 0.259. The molecule has 2 amide bonds. The molecule has 0 heterocycles. The van der Waals surface area contributed by atoms with Gasteiger partial charge in [0.15, 0.2) is 0 Å². The highest BCUT2D eigenvalue weighted by molar-refractivity contribution is 7.92. The van der Waals surface area contributed by atoms with Crippen LogP contribution in [0.1, 0.15) is 42.3 Å². The number of amides is 2. The third-order valence-corrected chi connectivity index (χ3v) is 6.57. The molecule has 3 rings (SSSR count). The highest BCUT2D eigenvalue weighted by Gasteiger charge is 2.21. The van der Waals surface area contributed by atoms with Gasteiger partial charge >= 0.3 is 0 Å². The van der Waals surface area contributed by atoms with Gasteiger partial charge in [0.1, 0.15) is 6.54 Å². The number of nitrogens with one attached hydrogen (secondary N) is 2. The molecule has 0 aliphatic heterocycles. The molecule has 0 spiro atoms. The summed E-state index contributed by atoms with van der Waals surface area (Å²) >= 11 is 0. The molecule has 2 N–H and O–H groups in total. The van der Waals surface area contributed by atoms with Gasteiger partial charge in [-0.1, -0.05) is 56.7 Å². The molecule has 0 unspecified atom stereocenters. The normalized spacial score (nSPS) is 11.6. The Morgan fingerprint density at radius 2 is 1.43 bits per heavy atom. The highest BCUT2D eigenvalue weighted by atomic mass is 32.2. The van der Waals surface area contributed by atoms with Crippen molar-refractivity contribution in [1.29, 1.82) is 0 Å². The Kier molecular flexibility index (Phi) is 7.65. The Morgan fingerprint density at radius 1 is 0.857 bits per heavy atom.